The molecule has 1 rings (SSSR count). The normalized spacial score (nSPS) is 13.2. The van der Waals surface area contributed by atoms with Gasteiger partial charge in [-0.2, -0.15) is 0 Å². The van der Waals surface area contributed by atoms with Gasteiger partial charge in [-0.05, 0) is 19.9 Å². The minimum atomic E-state index is -3.86. The van der Waals surface area contributed by atoms with Crippen molar-refractivity contribution in [1.82, 2.24) is 4.72 Å². The number of aryl methyl sites for hydroxylation is 1. The molecule has 19 heavy (non-hydrogen) atoms. The summed E-state index contributed by atoms with van der Waals surface area (Å²) in [4.78, 5) is 21.7. The average Bonchev–Trinajstić information content (AvgIpc) is 2.58. The lowest BCUT2D eigenvalue weighted by atomic mass is 10.2. The third-order valence-corrected chi connectivity index (χ3v) is 5.12. The van der Waals surface area contributed by atoms with Gasteiger partial charge in [-0.25, -0.2) is 17.9 Å². The molecular formula is C10H14N2O5S2. The Balaban J connectivity index is 3.00. The van der Waals surface area contributed by atoms with E-state index in [4.69, 9.17) is 10.8 Å². The first-order valence-corrected chi connectivity index (χ1v) is 7.58. The van der Waals surface area contributed by atoms with Crippen molar-refractivity contribution < 1.29 is 23.1 Å². The molecule has 0 aliphatic heterocycles. The highest BCUT2D eigenvalue weighted by atomic mass is 32.2. The van der Waals surface area contributed by atoms with E-state index in [1.807, 2.05) is 0 Å². The molecule has 1 amide bonds. The summed E-state index contributed by atoms with van der Waals surface area (Å²) in [6.45, 7) is 3.02. The number of amides is 1. The molecule has 1 aromatic heterocycles. The summed E-state index contributed by atoms with van der Waals surface area (Å²) in [5.41, 5.74) is 4.98. The molecule has 1 heterocycles. The van der Waals surface area contributed by atoms with Crippen molar-refractivity contribution in [2.45, 2.75) is 31.2 Å². The second-order valence-corrected chi connectivity index (χ2v) is 6.97. The molecule has 1 unspecified atom stereocenters. The van der Waals surface area contributed by atoms with Crippen LogP contribution in [0.25, 0.3) is 0 Å². The molecule has 0 aliphatic rings. The molecule has 1 atom stereocenters. The fourth-order valence-electron chi connectivity index (χ4n) is 1.51. The number of carboxylic acid groups (broad SMARTS) is 1. The highest BCUT2D eigenvalue weighted by Gasteiger charge is 2.24. The minimum absolute atomic E-state index is 0.0552. The number of carboxylic acids is 1. The second-order valence-electron chi connectivity index (χ2n) is 4.03. The first-order valence-electron chi connectivity index (χ1n) is 5.28. The van der Waals surface area contributed by atoms with Gasteiger partial charge in [-0.3, -0.25) is 4.79 Å². The lowest BCUT2D eigenvalue weighted by Gasteiger charge is -2.12. The number of nitrogens with two attached hydrogens (primary N) is 1. The Labute approximate surface area is 114 Å². The summed E-state index contributed by atoms with van der Waals surface area (Å²) in [6.07, 6.45) is -0.131. The molecule has 4 N–H and O–H groups in total. The van der Waals surface area contributed by atoms with Crippen LogP contribution in [-0.2, 0) is 14.8 Å². The van der Waals surface area contributed by atoms with Gasteiger partial charge in [-0.15, -0.1) is 11.3 Å². The van der Waals surface area contributed by atoms with E-state index >= 15 is 0 Å². The fraction of sp³-hybridized carbons (Fsp3) is 0.400. The zero-order chi connectivity index (χ0) is 14.8. The number of rotatable bonds is 6. The molecule has 106 valence electrons. The van der Waals surface area contributed by atoms with E-state index in [-0.39, 0.29) is 16.2 Å². The summed E-state index contributed by atoms with van der Waals surface area (Å²) >= 11 is 0.880. The van der Waals surface area contributed by atoms with Crippen molar-refractivity contribution in [2.24, 2.45) is 5.73 Å². The van der Waals surface area contributed by atoms with E-state index in [0.717, 1.165) is 17.4 Å². The van der Waals surface area contributed by atoms with Crippen LogP contribution in [0.4, 0.5) is 0 Å². The number of thiophene rings is 1. The van der Waals surface area contributed by atoms with Crippen LogP contribution in [0.2, 0.25) is 0 Å². The van der Waals surface area contributed by atoms with Gasteiger partial charge in [0.25, 0.3) is 0 Å². The first kappa shape index (κ1) is 15.6. The minimum Gasteiger partial charge on any atom is -0.477 e. The Hall–Kier alpha value is -1.45. The molecule has 0 spiro atoms. The van der Waals surface area contributed by atoms with Crippen LogP contribution in [0.3, 0.4) is 0 Å². The van der Waals surface area contributed by atoms with Crippen LogP contribution >= 0.6 is 11.3 Å². The first-order chi connectivity index (χ1) is 8.63. The number of carbonyl (C=O) groups excluding carboxylic acids is 1. The van der Waals surface area contributed by atoms with Crippen molar-refractivity contribution >= 4 is 33.2 Å². The topological polar surface area (TPSA) is 127 Å². The van der Waals surface area contributed by atoms with Gasteiger partial charge in [-0.1, -0.05) is 0 Å². The van der Waals surface area contributed by atoms with Gasteiger partial charge in [0.1, 0.15) is 4.88 Å². The van der Waals surface area contributed by atoms with Gasteiger partial charge in [0, 0.05) is 17.3 Å². The van der Waals surface area contributed by atoms with Crippen LogP contribution in [-0.4, -0.2) is 31.4 Å². The Morgan fingerprint density at radius 1 is 1.53 bits per heavy atom. The molecule has 7 nitrogen and oxygen atoms in total. The summed E-state index contributed by atoms with van der Waals surface area (Å²) in [5.74, 6) is -1.80. The zero-order valence-corrected chi connectivity index (χ0v) is 12.0. The van der Waals surface area contributed by atoms with E-state index < -0.39 is 27.9 Å². The van der Waals surface area contributed by atoms with E-state index in [2.05, 4.69) is 4.72 Å². The van der Waals surface area contributed by atoms with E-state index in [1.165, 1.54) is 13.8 Å². The van der Waals surface area contributed by atoms with Gasteiger partial charge in [0.2, 0.25) is 15.9 Å². The molecule has 0 saturated carbocycles. The molecule has 0 saturated heterocycles. The monoisotopic (exact) mass is 306 g/mol. The SMILES string of the molecule is Cc1sc(C(=O)O)cc1S(=O)(=O)NC(C)CC(N)=O. The molecule has 0 fully saturated rings. The molecular weight excluding hydrogens is 292 g/mol. The Kier molecular flexibility index (Phi) is 4.66. The third kappa shape index (κ3) is 4.01. The molecule has 0 bridgehead atoms. The van der Waals surface area contributed by atoms with Crippen LogP contribution < -0.4 is 10.5 Å². The van der Waals surface area contributed by atoms with Crippen molar-refractivity contribution in [3.8, 4) is 0 Å². The number of aromatic carboxylic acids is 1. The highest BCUT2D eigenvalue weighted by molar-refractivity contribution is 7.89. The Bertz CT molecular complexity index is 605. The third-order valence-electron chi connectivity index (χ3n) is 2.24. The molecule has 9 heteroatoms. The Morgan fingerprint density at radius 2 is 2.11 bits per heavy atom. The van der Waals surface area contributed by atoms with Crippen LogP contribution in [0.1, 0.15) is 27.9 Å². The molecule has 1 aromatic rings. The van der Waals surface area contributed by atoms with Gasteiger partial charge in [0.15, 0.2) is 0 Å². The number of primary amides is 1. The van der Waals surface area contributed by atoms with Crippen LogP contribution in [0.15, 0.2) is 11.0 Å². The second kappa shape index (κ2) is 5.68. The number of carbonyl (C=O) groups is 2. The number of hydrogen-bond donors (Lipinski definition) is 3. The highest BCUT2D eigenvalue weighted by Crippen LogP contribution is 2.25. The Morgan fingerprint density at radius 3 is 2.53 bits per heavy atom. The number of nitrogens with one attached hydrogen (secondary N) is 1. The lowest BCUT2D eigenvalue weighted by Crippen LogP contribution is -2.35. The lowest BCUT2D eigenvalue weighted by molar-refractivity contribution is -0.118. The summed E-state index contributed by atoms with van der Waals surface area (Å²) in [7, 11) is -3.86. The maximum atomic E-state index is 12.0. The largest absolute Gasteiger partial charge is 0.477 e. The summed E-state index contributed by atoms with van der Waals surface area (Å²) < 4.78 is 26.3. The van der Waals surface area contributed by atoms with Crippen LogP contribution in [0, 0.1) is 6.92 Å². The molecule has 0 radical (unpaired) electrons. The summed E-state index contributed by atoms with van der Waals surface area (Å²) in [6, 6.07) is 0.442. The number of hydrogen-bond acceptors (Lipinski definition) is 5. The number of sulfonamides is 1. The average molecular weight is 306 g/mol. The maximum Gasteiger partial charge on any atom is 0.345 e. The zero-order valence-electron chi connectivity index (χ0n) is 10.3. The van der Waals surface area contributed by atoms with E-state index in [9.17, 15) is 18.0 Å². The van der Waals surface area contributed by atoms with Crippen molar-refractivity contribution in [1.29, 1.82) is 0 Å². The van der Waals surface area contributed by atoms with Crippen LogP contribution in [0.5, 0.6) is 0 Å². The van der Waals surface area contributed by atoms with Gasteiger partial charge >= 0.3 is 5.97 Å². The summed E-state index contributed by atoms with van der Waals surface area (Å²) in [5, 5.41) is 8.82. The van der Waals surface area contributed by atoms with E-state index in [0.29, 0.717) is 4.88 Å². The van der Waals surface area contributed by atoms with Gasteiger partial charge < -0.3 is 10.8 Å². The van der Waals surface area contributed by atoms with Gasteiger partial charge in [0.05, 0.1) is 4.90 Å². The molecule has 0 aliphatic carbocycles. The standard InChI is InChI=1S/C10H14N2O5S2/c1-5(3-9(11)13)12-19(16,17)8-4-7(10(14)15)18-6(8)2/h4-5,12H,3H2,1-2H3,(H2,11,13)(H,14,15). The smallest absolute Gasteiger partial charge is 0.345 e. The maximum absolute atomic E-state index is 12.0. The quantitative estimate of drug-likeness (QED) is 0.696. The van der Waals surface area contributed by atoms with Crippen molar-refractivity contribution in [3.05, 3.63) is 15.8 Å². The predicted molar refractivity (Wildman–Crippen MR) is 69.6 cm³/mol. The van der Waals surface area contributed by atoms with Crippen molar-refractivity contribution in [2.75, 3.05) is 0 Å². The molecule has 0 aromatic carbocycles. The van der Waals surface area contributed by atoms with Crippen molar-refractivity contribution in [3.63, 3.8) is 0 Å². The predicted octanol–water partition coefficient (Wildman–Crippen LogP) is 0.297. The fourth-order valence-corrected chi connectivity index (χ4v) is 4.18. The van der Waals surface area contributed by atoms with E-state index in [1.54, 1.807) is 0 Å².